The van der Waals surface area contributed by atoms with Crippen molar-refractivity contribution >= 4 is 23.0 Å². The largest absolute Gasteiger partial charge is 0.275 e. The smallest absolute Gasteiger partial charge is 0.158 e. The summed E-state index contributed by atoms with van der Waals surface area (Å²) >= 11 is 5.95. The lowest BCUT2D eigenvalue weighted by molar-refractivity contribution is 0.767. The Morgan fingerprint density at radius 3 is 2.94 bits per heavy atom. The first kappa shape index (κ1) is 9.47. The van der Waals surface area contributed by atoms with E-state index in [0.717, 1.165) is 17.0 Å². The van der Waals surface area contributed by atoms with Gasteiger partial charge in [0.2, 0.25) is 0 Å². The zero-order valence-corrected chi connectivity index (χ0v) is 9.31. The zero-order chi connectivity index (χ0) is 11.1. The van der Waals surface area contributed by atoms with Crippen LogP contribution in [0.1, 0.15) is 11.3 Å². The molecule has 0 spiro atoms. The number of rotatable bonds is 1. The average molecular weight is 234 g/mol. The maximum absolute atomic E-state index is 5.95. The molecular formula is C10H8ClN5. The van der Waals surface area contributed by atoms with Crippen LogP contribution in [0.2, 0.25) is 5.15 Å². The fourth-order valence-electron chi connectivity index (χ4n) is 1.70. The Bertz CT molecular complexity index is 587. The van der Waals surface area contributed by atoms with Crippen LogP contribution in [0.3, 0.4) is 0 Å². The van der Waals surface area contributed by atoms with Crippen molar-refractivity contribution in [2.45, 2.75) is 6.42 Å². The summed E-state index contributed by atoms with van der Waals surface area (Å²) in [6, 6.07) is 0. The first-order chi connectivity index (χ1) is 7.74. The van der Waals surface area contributed by atoms with E-state index in [1.54, 1.807) is 10.9 Å². The quantitative estimate of drug-likeness (QED) is 0.702. The molecule has 0 saturated carbocycles. The fourth-order valence-corrected chi connectivity index (χ4v) is 1.90. The van der Waals surface area contributed by atoms with Crippen LogP contribution >= 0.6 is 11.6 Å². The van der Waals surface area contributed by atoms with Crippen molar-refractivity contribution < 1.29 is 0 Å². The second kappa shape index (κ2) is 3.38. The molecule has 2 aromatic rings. The molecule has 0 aromatic carbocycles. The number of halogens is 1. The maximum Gasteiger partial charge on any atom is 0.158 e. The number of aromatic nitrogens is 4. The predicted molar refractivity (Wildman–Crippen MR) is 60.2 cm³/mol. The molecule has 80 valence electrons. The van der Waals surface area contributed by atoms with Gasteiger partial charge in [-0.3, -0.25) is 4.68 Å². The molecule has 1 aliphatic rings. The number of nitrogens with zero attached hydrogens (tertiary/aromatic N) is 5. The van der Waals surface area contributed by atoms with Gasteiger partial charge >= 0.3 is 0 Å². The molecular weight excluding hydrogens is 226 g/mol. The first-order valence-electron chi connectivity index (χ1n) is 4.80. The summed E-state index contributed by atoms with van der Waals surface area (Å²) < 4.78 is 1.74. The minimum Gasteiger partial charge on any atom is -0.275 e. The molecule has 0 aliphatic carbocycles. The van der Waals surface area contributed by atoms with Gasteiger partial charge in [-0.05, 0) is 0 Å². The van der Waals surface area contributed by atoms with E-state index in [1.807, 2.05) is 13.2 Å². The van der Waals surface area contributed by atoms with Crippen LogP contribution in [0.15, 0.2) is 23.7 Å². The Balaban J connectivity index is 2.05. The van der Waals surface area contributed by atoms with Crippen LogP contribution in [-0.2, 0) is 13.5 Å². The molecule has 0 unspecified atom stereocenters. The maximum atomic E-state index is 5.95. The van der Waals surface area contributed by atoms with Crippen molar-refractivity contribution in [1.29, 1.82) is 0 Å². The molecule has 3 heterocycles. The summed E-state index contributed by atoms with van der Waals surface area (Å²) in [7, 11) is 1.87. The third-order valence-corrected chi connectivity index (χ3v) is 2.75. The van der Waals surface area contributed by atoms with Crippen molar-refractivity contribution in [3.63, 3.8) is 0 Å². The van der Waals surface area contributed by atoms with Crippen molar-refractivity contribution in [3.8, 4) is 0 Å². The predicted octanol–water partition coefficient (Wildman–Crippen LogP) is 1.54. The summed E-state index contributed by atoms with van der Waals surface area (Å²) in [5.74, 6) is 0. The average Bonchev–Trinajstić information content (AvgIpc) is 2.84. The highest BCUT2D eigenvalue weighted by molar-refractivity contribution is 6.32. The van der Waals surface area contributed by atoms with Gasteiger partial charge < -0.3 is 0 Å². The molecule has 0 saturated heterocycles. The van der Waals surface area contributed by atoms with E-state index in [0.29, 0.717) is 17.3 Å². The van der Waals surface area contributed by atoms with E-state index in [9.17, 15) is 0 Å². The van der Waals surface area contributed by atoms with Gasteiger partial charge in [-0.1, -0.05) is 11.6 Å². The molecule has 0 bridgehead atoms. The third kappa shape index (κ3) is 1.40. The summed E-state index contributed by atoms with van der Waals surface area (Å²) in [5.41, 5.74) is 3.49. The van der Waals surface area contributed by atoms with Crippen LogP contribution in [0.25, 0.3) is 0 Å². The second-order valence-corrected chi connectivity index (χ2v) is 3.96. The number of aliphatic imine (C=N–C) groups is 1. The first-order valence-corrected chi connectivity index (χ1v) is 5.18. The van der Waals surface area contributed by atoms with Crippen LogP contribution in [0.4, 0.5) is 5.69 Å². The Hall–Kier alpha value is -1.75. The van der Waals surface area contributed by atoms with Crippen molar-refractivity contribution in [2.75, 3.05) is 0 Å². The molecule has 0 N–H and O–H groups in total. The number of fused-ring (bicyclic) bond motifs is 1. The van der Waals surface area contributed by atoms with Gasteiger partial charge in [0.15, 0.2) is 5.15 Å². The van der Waals surface area contributed by atoms with Crippen molar-refractivity contribution in [1.82, 2.24) is 19.7 Å². The van der Waals surface area contributed by atoms with E-state index in [-0.39, 0.29) is 0 Å². The van der Waals surface area contributed by atoms with Gasteiger partial charge in [-0.15, -0.1) is 0 Å². The van der Waals surface area contributed by atoms with E-state index in [2.05, 4.69) is 20.1 Å². The molecule has 16 heavy (non-hydrogen) atoms. The second-order valence-electron chi connectivity index (χ2n) is 3.60. The lowest BCUT2D eigenvalue weighted by Gasteiger charge is -1.94. The summed E-state index contributed by atoms with van der Waals surface area (Å²) in [4.78, 5) is 12.5. The molecule has 1 aliphatic heterocycles. The third-order valence-electron chi connectivity index (χ3n) is 2.47. The highest BCUT2D eigenvalue weighted by atomic mass is 35.5. The number of hydrogen-bond acceptors (Lipinski definition) is 4. The monoisotopic (exact) mass is 233 g/mol. The Kier molecular flexibility index (Phi) is 2.00. The van der Waals surface area contributed by atoms with Crippen LogP contribution in [0.5, 0.6) is 0 Å². The molecule has 0 fully saturated rings. The van der Waals surface area contributed by atoms with Gasteiger partial charge in [-0.2, -0.15) is 5.10 Å². The number of hydrogen-bond donors (Lipinski definition) is 0. The summed E-state index contributed by atoms with van der Waals surface area (Å²) in [6.45, 7) is 0. The van der Waals surface area contributed by atoms with E-state index >= 15 is 0 Å². The SMILES string of the molecule is Cn1cc(C2=Nc3c(Cl)ncnc3C2)cn1. The van der Waals surface area contributed by atoms with E-state index < -0.39 is 0 Å². The molecule has 5 nitrogen and oxygen atoms in total. The minimum atomic E-state index is 0.406. The van der Waals surface area contributed by atoms with E-state index in [4.69, 9.17) is 11.6 Å². The lowest BCUT2D eigenvalue weighted by atomic mass is 10.1. The fraction of sp³-hybridized carbons (Fsp3) is 0.200. The highest BCUT2D eigenvalue weighted by Crippen LogP contribution is 2.32. The summed E-state index contributed by atoms with van der Waals surface area (Å²) in [5, 5.41) is 4.52. The lowest BCUT2D eigenvalue weighted by Crippen LogP contribution is -1.99. The molecule has 0 amide bonds. The Morgan fingerprint density at radius 2 is 2.25 bits per heavy atom. The molecule has 0 radical (unpaired) electrons. The summed E-state index contributed by atoms with van der Waals surface area (Å²) in [6.07, 6.45) is 5.85. The molecule has 3 rings (SSSR count). The van der Waals surface area contributed by atoms with Gasteiger partial charge in [0.25, 0.3) is 0 Å². The number of aryl methyl sites for hydroxylation is 1. The van der Waals surface area contributed by atoms with E-state index in [1.165, 1.54) is 6.33 Å². The zero-order valence-electron chi connectivity index (χ0n) is 8.55. The molecule has 0 atom stereocenters. The van der Waals surface area contributed by atoms with Crippen LogP contribution in [-0.4, -0.2) is 25.5 Å². The van der Waals surface area contributed by atoms with Gasteiger partial charge in [0.05, 0.1) is 17.6 Å². The van der Waals surface area contributed by atoms with Gasteiger partial charge in [-0.25, -0.2) is 15.0 Å². The van der Waals surface area contributed by atoms with Crippen molar-refractivity contribution in [2.24, 2.45) is 12.0 Å². The topological polar surface area (TPSA) is 56.0 Å². The van der Waals surface area contributed by atoms with Crippen LogP contribution < -0.4 is 0 Å². The Morgan fingerprint density at radius 1 is 1.38 bits per heavy atom. The molecule has 2 aromatic heterocycles. The molecule has 6 heteroatoms. The van der Waals surface area contributed by atoms with Gasteiger partial charge in [0.1, 0.15) is 12.0 Å². The highest BCUT2D eigenvalue weighted by Gasteiger charge is 2.20. The van der Waals surface area contributed by atoms with Gasteiger partial charge in [0, 0.05) is 25.2 Å². The Labute approximate surface area is 96.8 Å². The van der Waals surface area contributed by atoms with Crippen molar-refractivity contribution in [3.05, 3.63) is 35.1 Å². The van der Waals surface area contributed by atoms with Crippen LogP contribution in [0, 0.1) is 0 Å². The standard InChI is InChI=1S/C10H8ClN5/c1-16-4-6(3-14-16)7-2-8-9(15-7)10(11)13-5-12-8/h3-5H,2H2,1H3. The minimum absolute atomic E-state index is 0.406. The normalized spacial score (nSPS) is 13.8.